The van der Waals surface area contributed by atoms with E-state index < -0.39 is 10.7 Å². The molecular weight excluding hydrogens is 282 g/mol. The fourth-order valence-electron chi connectivity index (χ4n) is 1.64. The minimum atomic E-state index is -2.12. The molecule has 0 radical (unpaired) electrons. The molecule has 0 aliphatic heterocycles. The van der Waals surface area contributed by atoms with E-state index in [1.807, 2.05) is 6.07 Å². The summed E-state index contributed by atoms with van der Waals surface area (Å²) < 4.78 is 18.1. The second-order valence-corrected chi connectivity index (χ2v) is 5.55. The molecule has 4 heteroatoms. The summed E-state index contributed by atoms with van der Waals surface area (Å²) in [7, 11) is 1.98. The predicted molar refractivity (Wildman–Crippen MR) is 92.4 cm³/mol. The van der Waals surface area contributed by atoms with Gasteiger partial charge in [0.2, 0.25) is 0 Å². The molecule has 112 valence electrons. The molecule has 0 unspecified atom stereocenters. The molecule has 0 spiro atoms. The van der Waals surface area contributed by atoms with Gasteiger partial charge in [-0.1, -0.05) is 54.6 Å². The van der Waals surface area contributed by atoms with E-state index in [1.54, 1.807) is 0 Å². The van der Waals surface area contributed by atoms with E-state index in [2.05, 4.69) is 79.7 Å². The van der Waals surface area contributed by atoms with Crippen LogP contribution in [0.3, 0.4) is 0 Å². The molecule has 0 atom stereocenters. The zero-order chi connectivity index (χ0) is 15.7. The van der Waals surface area contributed by atoms with Crippen molar-refractivity contribution in [3.63, 3.8) is 0 Å². The van der Waals surface area contributed by atoms with Crippen LogP contribution in [0, 0.1) is 0 Å². The van der Waals surface area contributed by atoms with E-state index in [-0.39, 0.29) is 0 Å². The Labute approximate surface area is 128 Å². The van der Waals surface area contributed by atoms with Gasteiger partial charge in [0.25, 0.3) is 0 Å². The molecule has 2 aromatic carbocycles. The maximum absolute atomic E-state index is 9.04. The zero-order valence-corrected chi connectivity index (χ0v) is 13.5. The Kier molecular flexibility index (Phi) is 7.26. The van der Waals surface area contributed by atoms with Crippen LogP contribution in [0.25, 0.3) is 12.2 Å². The van der Waals surface area contributed by atoms with E-state index in [0.29, 0.717) is 0 Å². The predicted octanol–water partition coefficient (Wildman–Crippen LogP) is 3.15. The lowest BCUT2D eigenvalue weighted by Crippen LogP contribution is -2.07. The summed E-state index contributed by atoms with van der Waals surface area (Å²) in [4.78, 5) is 2.10. The molecule has 0 saturated heterocycles. The number of nitrogens with zero attached hydrogens (tertiary/aromatic N) is 1. The zero-order valence-electron chi connectivity index (χ0n) is 12.6. The average molecular weight is 303 g/mol. The third-order valence-electron chi connectivity index (χ3n) is 2.68. The van der Waals surface area contributed by atoms with E-state index in [4.69, 9.17) is 8.42 Å². The van der Waals surface area contributed by atoms with Crippen molar-refractivity contribution in [1.29, 1.82) is 0 Å². The highest BCUT2D eigenvalue weighted by Crippen LogP contribution is 2.14. The van der Waals surface area contributed by atoms with Gasteiger partial charge in [0.1, 0.15) is 10.7 Å². The molecule has 0 saturated carbocycles. The fourth-order valence-corrected chi connectivity index (χ4v) is 1.64. The van der Waals surface area contributed by atoms with Gasteiger partial charge in [-0.05, 0) is 23.3 Å². The fraction of sp³-hybridized carbons (Fsp3) is 0.176. The summed E-state index contributed by atoms with van der Waals surface area (Å²) >= 11 is 0. The molecule has 0 aliphatic carbocycles. The Balaban J connectivity index is 0.000000491. The molecule has 0 amide bonds. The van der Waals surface area contributed by atoms with Gasteiger partial charge >= 0.3 is 0 Å². The number of thiol groups is 1. The molecule has 2 aromatic rings. The minimum absolute atomic E-state index is 1.12. The monoisotopic (exact) mass is 303 g/mol. The molecule has 0 heterocycles. The number of benzene rings is 2. The SMILES string of the molecule is CN(C)c1ccc(C=Cc2ccccc2)cc1.C[SH](=O)=O. The van der Waals surface area contributed by atoms with Gasteiger partial charge in [0.15, 0.2) is 0 Å². The summed E-state index contributed by atoms with van der Waals surface area (Å²) in [5.74, 6) is 0. The number of anilines is 1. The first-order chi connectivity index (χ1) is 9.99. The second-order valence-electron chi connectivity index (χ2n) is 4.67. The van der Waals surface area contributed by atoms with Crippen molar-refractivity contribution in [2.24, 2.45) is 0 Å². The van der Waals surface area contributed by atoms with Gasteiger partial charge in [-0.3, -0.25) is 0 Å². The Morgan fingerprint density at radius 3 is 1.67 bits per heavy atom. The van der Waals surface area contributed by atoms with Crippen LogP contribution in [0.4, 0.5) is 5.69 Å². The van der Waals surface area contributed by atoms with Crippen LogP contribution in [0.5, 0.6) is 0 Å². The van der Waals surface area contributed by atoms with Crippen LogP contribution in [-0.2, 0) is 10.7 Å². The molecule has 2 rings (SSSR count). The summed E-state index contributed by atoms with van der Waals surface area (Å²) in [5.41, 5.74) is 3.67. The van der Waals surface area contributed by atoms with Crippen molar-refractivity contribution in [2.45, 2.75) is 0 Å². The molecule has 3 nitrogen and oxygen atoms in total. The maximum atomic E-state index is 9.04. The maximum Gasteiger partial charge on any atom is 0.137 e. The normalized spacial score (nSPS) is 10.3. The third-order valence-corrected chi connectivity index (χ3v) is 2.68. The highest BCUT2D eigenvalue weighted by Gasteiger charge is 1.93. The topological polar surface area (TPSA) is 37.4 Å². The van der Waals surface area contributed by atoms with Gasteiger partial charge in [-0.2, -0.15) is 0 Å². The van der Waals surface area contributed by atoms with Crippen molar-refractivity contribution < 1.29 is 8.42 Å². The Morgan fingerprint density at radius 2 is 1.24 bits per heavy atom. The number of rotatable bonds is 3. The summed E-state index contributed by atoms with van der Waals surface area (Å²) in [6, 6.07) is 18.9. The van der Waals surface area contributed by atoms with E-state index in [1.165, 1.54) is 16.8 Å². The summed E-state index contributed by atoms with van der Waals surface area (Å²) in [6.07, 6.45) is 5.38. The second kappa shape index (κ2) is 8.97. The van der Waals surface area contributed by atoms with E-state index >= 15 is 0 Å². The highest BCUT2D eigenvalue weighted by atomic mass is 32.2. The Morgan fingerprint density at radius 1 is 0.810 bits per heavy atom. The van der Waals surface area contributed by atoms with Gasteiger partial charge in [-0.15, -0.1) is 0 Å². The first-order valence-corrected chi connectivity index (χ1v) is 8.20. The molecule has 0 bridgehead atoms. The van der Waals surface area contributed by atoms with Crippen molar-refractivity contribution in [3.8, 4) is 0 Å². The molecule has 0 fully saturated rings. The largest absolute Gasteiger partial charge is 0.378 e. The summed E-state index contributed by atoms with van der Waals surface area (Å²) in [6.45, 7) is 0. The van der Waals surface area contributed by atoms with Crippen molar-refractivity contribution in [1.82, 2.24) is 0 Å². The Hall–Kier alpha value is -2.07. The molecule has 0 N–H and O–H groups in total. The molecule has 0 aromatic heterocycles. The van der Waals surface area contributed by atoms with Crippen molar-refractivity contribution in [3.05, 3.63) is 65.7 Å². The van der Waals surface area contributed by atoms with Crippen molar-refractivity contribution in [2.75, 3.05) is 25.3 Å². The van der Waals surface area contributed by atoms with Crippen LogP contribution >= 0.6 is 0 Å². The molecule has 0 aliphatic rings. The smallest absolute Gasteiger partial charge is 0.137 e. The number of hydrogen-bond acceptors (Lipinski definition) is 3. The van der Waals surface area contributed by atoms with Crippen LogP contribution < -0.4 is 4.90 Å². The van der Waals surface area contributed by atoms with Crippen molar-refractivity contribution >= 4 is 28.5 Å². The lowest BCUT2D eigenvalue weighted by atomic mass is 10.1. The Bertz CT molecular complexity index is 622. The molecule has 21 heavy (non-hydrogen) atoms. The number of hydrogen-bond donors (Lipinski definition) is 1. The van der Waals surface area contributed by atoms with Crippen LogP contribution in [-0.4, -0.2) is 28.8 Å². The first-order valence-electron chi connectivity index (χ1n) is 6.57. The van der Waals surface area contributed by atoms with E-state index in [9.17, 15) is 0 Å². The minimum Gasteiger partial charge on any atom is -0.378 e. The first kappa shape index (κ1) is 17.0. The third kappa shape index (κ3) is 7.32. The van der Waals surface area contributed by atoms with E-state index in [0.717, 1.165) is 6.26 Å². The lowest BCUT2D eigenvalue weighted by Gasteiger charge is -2.11. The van der Waals surface area contributed by atoms with Gasteiger partial charge in [-0.25, -0.2) is 8.42 Å². The standard InChI is InChI=1S/C16H17N.CH4O2S/c1-17(2)16-12-10-15(11-13-16)9-8-14-6-4-3-5-7-14;1-4(2)3/h3-13H,1-2H3;4H,1H3. The summed E-state index contributed by atoms with van der Waals surface area (Å²) in [5, 5.41) is 0. The van der Waals surface area contributed by atoms with Gasteiger partial charge in [0, 0.05) is 26.0 Å². The van der Waals surface area contributed by atoms with Crippen LogP contribution in [0.1, 0.15) is 11.1 Å². The van der Waals surface area contributed by atoms with Crippen LogP contribution in [0.2, 0.25) is 0 Å². The van der Waals surface area contributed by atoms with Crippen LogP contribution in [0.15, 0.2) is 54.6 Å². The average Bonchev–Trinajstić information content (AvgIpc) is 2.46. The van der Waals surface area contributed by atoms with Gasteiger partial charge < -0.3 is 4.90 Å². The highest BCUT2D eigenvalue weighted by molar-refractivity contribution is 7.71. The lowest BCUT2D eigenvalue weighted by molar-refractivity contribution is 0.619. The quantitative estimate of drug-likeness (QED) is 0.699. The van der Waals surface area contributed by atoms with Gasteiger partial charge in [0.05, 0.1) is 0 Å². The molecular formula is C17H21NO2S.